The summed E-state index contributed by atoms with van der Waals surface area (Å²) in [5, 5.41) is 0. The van der Waals surface area contributed by atoms with Gasteiger partial charge < -0.3 is 9.64 Å². The Kier molecular flexibility index (Phi) is 6.60. The minimum Gasteiger partial charge on any atom is -0.466 e. The van der Waals surface area contributed by atoms with Crippen molar-refractivity contribution in [1.29, 1.82) is 0 Å². The molecule has 0 radical (unpaired) electrons. The second-order valence-corrected chi connectivity index (χ2v) is 7.03. The minimum absolute atomic E-state index is 0.101. The van der Waals surface area contributed by atoms with Gasteiger partial charge in [0.15, 0.2) is 0 Å². The summed E-state index contributed by atoms with van der Waals surface area (Å²) in [5.41, 5.74) is 1.47. The lowest BCUT2D eigenvalue weighted by Gasteiger charge is -2.35. The van der Waals surface area contributed by atoms with Crippen molar-refractivity contribution in [2.45, 2.75) is 46.0 Å². The molecule has 1 aliphatic heterocycles. The molecule has 0 unspecified atom stereocenters. The van der Waals surface area contributed by atoms with Crippen molar-refractivity contribution in [3.8, 4) is 0 Å². The summed E-state index contributed by atoms with van der Waals surface area (Å²) in [7, 11) is 0. The van der Waals surface area contributed by atoms with Crippen molar-refractivity contribution in [1.82, 2.24) is 9.88 Å². The number of piperazine rings is 1. The van der Waals surface area contributed by atoms with Gasteiger partial charge in [-0.25, -0.2) is 4.98 Å². The Bertz CT molecular complexity index is 520. The number of carbonyl (C=O) groups is 1. The maximum Gasteiger partial charge on any atom is 0.307 e. The first-order chi connectivity index (χ1) is 11.5. The SMILES string of the molecule is CCOC(=O)CCN1CCN(c2ccc(C(C)(C)CC)cn2)CC1. The predicted molar refractivity (Wildman–Crippen MR) is 97.5 cm³/mol. The van der Waals surface area contributed by atoms with Crippen molar-refractivity contribution in [3.05, 3.63) is 23.9 Å². The average molecular weight is 333 g/mol. The Labute approximate surface area is 146 Å². The van der Waals surface area contributed by atoms with Crippen molar-refractivity contribution in [2.75, 3.05) is 44.2 Å². The van der Waals surface area contributed by atoms with E-state index in [0.717, 1.165) is 45.0 Å². The molecule has 0 aromatic carbocycles. The van der Waals surface area contributed by atoms with E-state index in [-0.39, 0.29) is 11.4 Å². The number of aromatic nitrogens is 1. The molecule has 1 aromatic heterocycles. The van der Waals surface area contributed by atoms with Gasteiger partial charge in [0, 0.05) is 38.9 Å². The first-order valence-electron chi connectivity index (χ1n) is 9.05. The lowest BCUT2D eigenvalue weighted by atomic mass is 9.83. The number of esters is 1. The molecule has 0 bridgehead atoms. The van der Waals surface area contributed by atoms with Crippen molar-refractivity contribution >= 4 is 11.8 Å². The Morgan fingerprint density at radius 1 is 1.21 bits per heavy atom. The molecule has 0 aliphatic carbocycles. The highest BCUT2D eigenvalue weighted by Gasteiger charge is 2.21. The van der Waals surface area contributed by atoms with Gasteiger partial charge in [0.1, 0.15) is 5.82 Å². The van der Waals surface area contributed by atoms with Crippen LogP contribution in [0.1, 0.15) is 46.1 Å². The normalized spacial score (nSPS) is 16.2. The zero-order valence-electron chi connectivity index (χ0n) is 15.5. The van der Waals surface area contributed by atoms with Crippen molar-refractivity contribution < 1.29 is 9.53 Å². The molecule has 1 aromatic rings. The maximum absolute atomic E-state index is 11.4. The number of pyridine rings is 1. The number of carbonyl (C=O) groups excluding carboxylic acids is 1. The molecule has 1 aliphatic rings. The third-order valence-electron chi connectivity index (χ3n) is 5.05. The van der Waals surface area contributed by atoms with E-state index in [1.807, 2.05) is 13.1 Å². The minimum atomic E-state index is -0.101. The summed E-state index contributed by atoms with van der Waals surface area (Å²) in [6.07, 6.45) is 3.60. The first kappa shape index (κ1) is 18.7. The van der Waals surface area contributed by atoms with Crippen molar-refractivity contribution in [3.63, 3.8) is 0 Å². The van der Waals surface area contributed by atoms with Gasteiger partial charge in [0.25, 0.3) is 0 Å². The van der Waals surface area contributed by atoms with E-state index in [2.05, 4.69) is 47.7 Å². The fraction of sp³-hybridized carbons (Fsp3) is 0.684. The van der Waals surface area contributed by atoms with Gasteiger partial charge in [0.05, 0.1) is 13.0 Å². The first-order valence-corrected chi connectivity index (χ1v) is 9.05. The third-order valence-corrected chi connectivity index (χ3v) is 5.05. The summed E-state index contributed by atoms with van der Waals surface area (Å²) in [5.74, 6) is 0.950. The van der Waals surface area contributed by atoms with Crippen LogP contribution in [0.4, 0.5) is 5.82 Å². The number of hydrogen-bond donors (Lipinski definition) is 0. The molecule has 0 atom stereocenters. The summed E-state index contributed by atoms with van der Waals surface area (Å²) in [6, 6.07) is 4.35. The number of anilines is 1. The third kappa shape index (κ3) is 4.94. The molecule has 1 saturated heterocycles. The van der Waals surface area contributed by atoms with E-state index in [1.165, 1.54) is 5.56 Å². The van der Waals surface area contributed by atoms with Crippen LogP contribution in [-0.2, 0) is 14.9 Å². The van der Waals surface area contributed by atoms with Crippen LogP contribution >= 0.6 is 0 Å². The zero-order valence-corrected chi connectivity index (χ0v) is 15.5. The van der Waals surface area contributed by atoms with Crippen LogP contribution in [0, 0.1) is 0 Å². The van der Waals surface area contributed by atoms with Gasteiger partial charge in [-0.2, -0.15) is 0 Å². The molecule has 134 valence electrons. The average Bonchev–Trinajstić information content (AvgIpc) is 2.61. The van der Waals surface area contributed by atoms with Crippen LogP contribution in [0.2, 0.25) is 0 Å². The van der Waals surface area contributed by atoms with E-state index in [9.17, 15) is 4.79 Å². The van der Waals surface area contributed by atoms with Gasteiger partial charge in [-0.1, -0.05) is 26.8 Å². The van der Waals surface area contributed by atoms with Gasteiger partial charge in [0.2, 0.25) is 0 Å². The Hall–Kier alpha value is -1.62. The van der Waals surface area contributed by atoms with E-state index in [1.54, 1.807) is 0 Å². The molecule has 0 spiro atoms. The van der Waals surface area contributed by atoms with Gasteiger partial charge >= 0.3 is 5.97 Å². The van der Waals surface area contributed by atoms with Gasteiger partial charge in [-0.3, -0.25) is 9.69 Å². The largest absolute Gasteiger partial charge is 0.466 e. The molecule has 0 amide bonds. The lowest BCUT2D eigenvalue weighted by molar-refractivity contribution is -0.143. The Balaban J connectivity index is 1.83. The predicted octanol–water partition coefficient (Wildman–Crippen LogP) is 2.84. The fourth-order valence-electron chi connectivity index (χ4n) is 2.86. The molecule has 24 heavy (non-hydrogen) atoms. The highest BCUT2D eigenvalue weighted by Crippen LogP contribution is 2.27. The number of hydrogen-bond acceptors (Lipinski definition) is 5. The van der Waals surface area contributed by atoms with Crippen LogP contribution < -0.4 is 4.90 Å². The molecule has 5 heteroatoms. The molecule has 2 heterocycles. The van der Waals surface area contributed by atoms with E-state index < -0.39 is 0 Å². The lowest BCUT2D eigenvalue weighted by Crippen LogP contribution is -2.47. The van der Waals surface area contributed by atoms with E-state index in [4.69, 9.17) is 4.74 Å². The number of nitrogens with zero attached hydrogens (tertiary/aromatic N) is 3. The number of rotatable bonds is 7. The fourth-order valence-corrected chi connectivity index (χ4v) is 2.86. The summed E-state index contributed by atoms with van der Waals surface area (Å²) in [6.45, 7) is 13.6. The van der Waals surface area contributed by atoms with Crippen LogP contribution in [0.25, 0.3) is 0 Å². The Morgan fingerprint density at radius 3 is 2.46 bits per heavy atom. The quantitative estimate of drug-likeness (QED) is 0.718. The second-order valence-electron chi connectivity index (χ2n) is 7.03. The number of ether oxygens (including phenoxy) is 1. The smallest absolute Gasteiger partial charge is 0.307 e. The van der Waals surface area contributed by atoms with Crippen LogP contribution in [0.15, 0.2) is 18.3 Å². The molecular formula is C19H31N3O2. The monoisotopic (exact) mass is 333 g/mol. The van der Waals surface area contributed by atoms with E-state index >= 15 is 0 Å². The highest BCUT2D eigenvalue weighted by molar-refractivity contribution is 5.69. The van der Waals surface area contributed by atoms with Crippen LogP contribution in [0.5, 0.6) is 0 Å². The van der Waals surface area contributed by atoms with Gasteiger partial charge in [-0.05, 0) is 30.4 Å². The molecule has 2 rings (SSSR count). The molecule has 5 nitrogen and oxygen atoms in total. The summed E-state index contributed by atoms with van der Waals surface area (Å²) < 4.78 is 4.99. The highest BCUT2D eigenvalue weighted by atomic mass is 16.5. The van der Waals surface area contributed by atoms with Crippen LogP contribution in [0.3, 0.4) is 0 Å². The topological polar surface area (TPSA) is 45.7 Å². The van der Waals surface area contributed by atoms with Crippen molar-refractivity contribution in [2.24, 2.45) is 0 Å². The maximum atomic E-state index is 11.4. The standard InChI is InChI=1S/C19H31N3O2/c1-5-19(3,4)16-7-8-17(20-15-16)22-13-11-21(12-14-22)10-9-18(23)24-6-2/h7-8,15H,5-6,9-14H2,1-4H3. The Morgan fingerprint density at radius 2 is 1.92 bits per heavy atom. The molecular weight excluding hydrogens is 302 g/mol. The van der Waals surface area contributed by atoms with Gasteiger partial charge in [-0.15, -0.1) is 0 Å². The zero-order chi connectivity index (χ0) is 17.6. The summed E-state index contributed by atoms with van der Waals surface area (Å²) >= 11 is 0. The summed E-state index contributed by atoms with van der Waals surface area (Å²) in [4.78, 5) is 20.8. The molecule has 1 fully saturated rings. The van der Waals surface area contributed by atoms with Crippen LogP contribution in [-0.4, -0.2) is 55.2 Å². The van der Waals surface area contributed by atoms with E-state index in [0.29, 0.717) is 13.0 Å². The molecule has 0 saturated carbocycles. The second kappa shape index (κ2) is 8.47. The molecule has 0 N–H and O–H groups in total.